The van der Waals surface area contributed by atoms with Crippen molar-refractivity contribution in [3.05, 3.63) is 28.8 Å². The third-order valence-electron chi connectivity index (χ3n) is 3.52. The predicted molar refractivity (Wildman–Crippen MR) is 88.9 cm³/mol. The average Bonchev–Trinajstić information content (AvgIpc) is 2.36. The number of benzene rings is 1. The van der Waals surface area contributed by atoms with Gasteiger partial charge in [-0.3, -0.25) is 0 Å². The second kappa shape index (κ2) is 6.15. The summed E-state index contributed by atoms with van der Waals surface area (Å²) in [5.74, 6) is 0.410. The van der Waals surface area contributed by atoms with E-state index in [9.17, 15) is 8.42 Å². The molecule has 4 nitrogen and oxygen atoms in total. The zero-order chi connectivity index (χ0) is 15.7. The first-order chi connectivity index (χ1) is 9.66. The molecule has 0 aliphatic carbocycles. The number of halogens is 1. The Hall–Kier alpha value is -0.780. The quantitative estimate of drug-likeness (QED) is 0.925. The summed E-state index contributed by atoms with van der Waals surface area (Å²) < 4.78 is 23.0. The van der Waals surface area contributed by atoms with Crippen LogP contribution in [0.3, 0.4) is 0 Å². The maximum atomic E-state index is 11.5. The zero-order valence-electron chi connectivity index (χ0n) is 12.8. The largest absolute Gasteiger partial charge is 0.368 e. The minimum atomic E-state index is -2.86. The smallest absolute Gasteiger partial charge is 0.153 e. The Morgan fingerprint density at radius 3 is 2.38 bits per heavy atom. The summed E-state index contributed by atoms with van der Waals surface area (Å²) in [6, 6.07) is 5.99. The molecule has 0 atom stereocenters. The van der Waals surface area contributed by atoms with Crippen LogP contribution in [0.4, 0.5) is 5.69 Å². The third-order valence-corrected chi connectivity index (χ3v) is 5.43. The number of hydrogen-bond donors (Lipinski definition) is 1. The lowest BCUT2D eigenvalue weighted by Gasteiger charge is -2.29. The van der Waals surface area contributed by atoms with Crippen LogP contribution >= 0.6 is 11.6 Å². The fourth-order valence-corrected chi connectivity index (χ4v) is 3.76. The lowest BCUT2D eigenvalue weighted by Crippen LogP contribution is -2.40. The van der Waals surface area contributed by atoms with E-state index in [-0.39, 0.29) is 17.0 Å². The van der Waals surface area contributed by atoms with E-state index >= 15 is 0 Å². The number of rotatable bonds is 3. The highest BCUT2D eigenvalue weighted by Gasteiger charge is 2.23. The normalized spacial score (nSPS) is 18.8. The van der Waals surface area contributed by atoms with Crippen molar-refractivity contribution in [2.24, 2.45) is 0 Å². The molecule has 0 unspecified atom stereocenters. The van der Waals surface area contributed by atoms with E-state index in [4.69, 9.17) is 11.6 Å². The molecule has 1 aromatic rings. The number of nitrogens with zero attached hydrogens (tertiary/aromatic N) is 1. The van der Waals surface area contributed by atoms with Crippen molar-refractivity contribution in [1.82, 2.24) is 5.32 Å². The van der Waals surface area contributed by atoms with Gasteiger partial charge < -0.3 is 10.2 Å². The molecule has 6 heteroatoms. The minimum Gasteiger partial charge on any atom is -0.368 e. The highest BCUT2D eigenvalue weighted by molar-refractivity contribution is 7.91. The van der Waals surface area contributed by atoms with Crippen LogP contribution in [0.5, 0.6) is 0 Å². The van der Waals surface area contributed by atoms with E-state index in [1.54, 1.807) is 0 Å². The van der Waals surface area contributed by atoms with Gasteiger partial charge in [0, 0.05) is 25.2 Å². The SMILES string of the molecule is CC(C)(C)NCc1ccc(N2CCS(=O)(=O)CC2)c(Cl)c1. The molecule has 1 aliphatic heterocycles. The van der Waals surface area contributed by atoms with Crippen molar-refractivity contribution in [1.29, 1.82) is 0 Å². The maximum Gasteiger partial charge on any atom is 0.153 e. The van der Waals surface area contributed by atoms with Gasteiger partial charge in [0.15, 0.2) is 9.84 Å². The number of hydrogen-bond acceptors (Lipinski definition) is 4. The van der Waals surface area contributed by atoms with Crippen LogP contribution in [0.25, 0.3) is 0 Å². The predicted octanol–water partition coefficient (Wildman–Crippen LogP) is 2.46. The fourth-order valence-electron chi connectivity index (χ4n) is 2.24. The first-order valence-electron chi connectivity index (χ1n) is 7.15. The van der Waals surface area contributed by atoms with Gasteiger partial charge in [-0.05, 0) is 38.5 Å². The van der Waals surface area contributed by atoms with E-state index in [1.165, 1.54) is 0 Å². The molecule has 1 heterocycles. The molecule has 21 heavy (non-hydrogen) atoms. The highest BCUT2D eigenvalue weighted by atomic mass is 35.5. The van der Waals surface area contributed by atoms with E-state index in [0.717, 1.165) is 17.8 Å². The van der Waals surface area contributed by atoms with Crippen LogP contribution in [-0.2, 0) is 16.4 Å². The van der Waals surface area contributed by atoms with E-state index < -0.39 is 9.84 Å². The van der Waals surface area contributed by atoms with Crippen molar-refractivity contribution < 1.29 is 8.42 Å². The molecular formula is C15H23ClN2O2S. The molecule has 118 valence electrons. The topological polar surface area (TPSA) is 49.4 Å². The molecule has 1 aliphatic rings. The molecule has 0 amide bonds. The van der Waals surface area contributed by atoms with Crippen molar-refractivity contribution in [3.63, 3.8) is 0 Å². The van der Waals surface area contributed by atoms with Crippen molar-refractivity contribution in [2.45, 2.75) is 32.9 Å². The molecular weight excluding hydrogens is 308 g/mol. The van der Waals surface area contributed by atoms with E-state index in [0.29, 0.717) is 18.1 Å². The van der Waals surface area contributed by atoms with Crippen molar-refractivity contribution in [3.8, 4) is 0 Å². The number of anilines is 1. The van der Waals surface area contributed by atoms with Gasteiger partial charge in [0.25, 0.3) is 0 Å². The fraction of sp³-hybridized carbons (Fsp3) is 0.600. The van der Waals surface area contributed by atoms with Crippen LogP contribution in [-0.4, -0.2) is 38.6 Å². The van der Waals surface area contributed by atoms with Gasteiger partial charge in [-0.25, -0.2) is 8.42 Å². The molecule has 0 spiro atoms. The van der Waals surface area contributed by atoms with E-state index in [1.807, 2.05) is 23.1 Å². The highest BCUT2D eigenvalue weighted by Crippen LogP contribution is 2.28. The molecule has 0 aromatic heterocycles. The Morgan fingerprint density at radius 1 is 1.24 bits per heavy atom. The second-order valence-electron chi connectivity index (χ2n) is 6.53. The maximum absolute atomic E-state index is 11.5. The van der Waals surface area contributed by atoms with Gasteiger partial charge in [-0.1, -0.05) is 17.7 Å². The van der Waals surface area contributed by atoms with Crippen molar-refractivity contribution >= 4 is 27.1 Å². The summed E-state index contributed by atoms with van der Waals surface area (Å²) >= 11 is 6.36. The monoisotopic (exact) mass is 330 g/mol. The van der Waals surface area contributed by atoms with Gasteiger partial charge in [-0.2, -0.15) is 0 Å². The Morgan fingerprint density at radius 2 is 1.86 bits per heavy atom. The summed E-state index contributed by atoms with van der Waals surface area (Å²) in [4.78, 5) is 2.05. The molecule has 0 saturated carbocycles. The molecule has 2 rings (SSSR count). The Balaban J connectivity index is 2.06. The number of sulfone groups is 1. The lowest BCUT2D eigenvalue weighted by molar-refractivity contribution is 0.424. The van der Waals surface area contributed by atoms with Crippen LogP contribution in [0.1, 0.15) is 26.3 Å². The van der Waals surface area contributed by atoms with Gasteiger partial charge in [-0.15, -0.1) is 0 Å². The summed E-state index contributed by atoms with van der Waals surface area (Å²) in [6.07, 6.45) is 0. The summed E-state index contributed by atoms with van der Waals surface area (Å²) in [5, 5.41) is 4.11. The molecule has 1 aromatic carbocycles. The third kappa shape index (κ3) is 4.87. The molecule has 0 bridgehead atoms. The average molecular weight is 331 g/mol. The summed E-state index contributed by atoms with van der Waals surface area (Å²) in [7, 11) is -2.86. The van der Waals surface area contributed by atoms with Crippen LogP contribution in [0.2, 0.25) is 5.02 Å². The Labute approximate surface area is 132 Å². The molecule has 1 fully saturated rings. The standard InChI is InChI=1S/C15H23ClN2O2S/c1-15(2,3)17-11-12-4-5-14(13(16)10-12)18-6-8-21(19,20)9-7-18/h4-5,10,17H,6-9,11H2,1-3H3. The summed E-state index contributed by atoms with van der Waals surface area (Å²) in [6.45, 7) is 8.16. The first-order valence-corrected chi connectivity index (χ1v) is 9.35. The molecule has 0 radical (unpaired) electrons. The van der Waals surface area contributed by atoms with Gasteiger partial charge in [0.1, 0.15) is 0 Å². The Kier molecular flexibility index (Phi) is 4.85. The van der Waals surface area contributed by atoms with E-state index in [2.05, 4.69) is 26.1 Å². The number of nitrogens with one attached hydrogen (secondary N) is 1. The zero-order valence-corrected chi connectivity index (χ0v) is 14.4. The van der Waals surface area contributed by atoms with Crippen LogP contribution < -0.4 is 10.2 Å². The summed E-state index contributed by atoms with van der Waals surface area (Å²) in [5.41, 5.74) is 2.11. The molecule has 1 saturated heterocycles. The van der Waals surface area contributed by atoms with Crippen LogP contribution in [0.15, 0.2) is 18.2 Å². The molecule has 1 N–H and O–H groups in total. The van der Waals surface area contributed by atoms with Gasteiger partial charge in [0.05, 0.1) is 22.2 Å². The lowest BCUT2D eigenvalue weighted by atomic mass is 10.1. The second-order valence-corrected chi connectivity index (χ2v) is 9.24. The minimum absolute atomic E-state index is 0.0619. The van der Waals surface area contributed by atoms with Crippen LogP contribution in [0, 0.1) is 0 Å². The van der Waals surface area contributed by atoms with Gasteiger partial charge >= 0.3 is 0 Å². The van der Waals surface area contributed by atoms with Crippen molar-refractivity contribution in [2.75, 3.05) is 29.5 Å². The Bertz CT molecular complexity index is 595. The van der Waals surface area contributed by atoms with Gasteiger partial charge in [0.2, 0.25) is 0 Å². The first kappa shape index (κ1) is 16.6.